The van der Waals surface area contributed by atoms with Crippen molar-refractivity contribution in [2.24, 2.45) is 0 Å². The molecule has 0 aliphatic carbocycles. The number of aromatic nitrogens is 2. The fraction of sp³-hybridized carbons (Fsp3) is 0.231. The number of hydrogen-bond acceptors (Lipinski definition) is 5. The Bertz CT molecular complexity index is 639. The van der Waals surface area contributed by atoms with Crippen molar-refractivity contribution in [2.45, 2.75) is 6.92 Å². The molecular formula is C13H15N5O3. The molecule has 0 aliphatic heterocycles. The first-order valence-corrected chi connectivity index (χ1v) is 6.36. The summed E-state index contributed by atoms with van der Waals surface area (Å²) in [5.74, 6) is -0.569. The molecule has 8 heteroatoms. The Morgan fingerprint density at radius 3 is 2.71 bits per heavy atom. The summed E-state index contributed by atoms with van der Waals surface area (Å²) < 4.78 is 0. The largest absolute Gasteiger partial charge is 0.383 e. The van der Waals surface area contributed by atoms with Gasteiger partial charge < -0.3 is 10.6 Å². The van der Waals surface area contributed by atoms with Crippen LogP contribution >= 0.6 is 0 Å². The maximum absolute atomic E-state index is 11.9. The second-order valence-corrected chi connectivity index (χ2v) is 4.35. The van der Waals surface area contributed by atoms with E-state index in [4.69, 9.17) is 0 Å². The average Bonchev–Trinajstić information content (AvgIpc) is 2.86. The topological polar surface area (TPSA) is 113 Å². The van der Waals surface area contributed by atoms with E-state index in [1.807, 2.05) is 30.3 Å². The Balaban J connectivity index is 1.87. The number of aryl methyl sites for hydroxylation is 1. The Kier molecular flexibility index (Phi) is 4.50. The molecule has 1 aromatic carbocycles. The zero-order chi connectivity index (χ0) is 15.2. The number of benzene rings is 1. The normalized spacial score (nSPS) is 10.1. The van der Waals surface area contributed by atoms with Crippen LogP contribution < -0.4 is 10.6 Å². The van der Waals surface area contributed by atoms with Crippen LogP contribution in [-0.4, -0.2) is 34.1 Å². The smallest absolute Gasteiger partial charge is 0.322 e. The number of rotatable bonds is 6. The zero-order valence-electron chi connectivity index (χ0n) is 11.4. The SMILES string of the molecule is Cc1[nH]nc(C(=O)NCCNc2ccccc2)c1[N+](=O)[O-]. The number of aromatic amines is 1. The maximum Gasteiger partial charge on any atom is 0.322 e. The quantitative estimate of drug-likeness (QED) is 0.423. The van der Waals surface area contributed by atoms with E-state index in [2.05, 4.69) is 20.8 Å². The lowest BCUT2D eigenvalue weighted by Gasteiger charge is -2.06. The van der Waals surface area contributed by atoms with Gasteiger partial charge in [0, 0.05) is 18.8 Å². The second kappa shape index (κ2) is 6.51. The van der Waals surface area contributed by atoms with Crippen LogP contribution in [0.1, 0.15) is 16.2 Å². The molecule has 0 aliphatic rings. The standard InChI is InChI=1S/C13H15N5O3/c1-9-12(18(20)21)11(17-16-9)13(19)15-8-7-14-10-5-3-2-4-6-10/h2-6,14H,7-8H2,1H3,(H,15,19)(H,16,17). The molecule has 21 heavy (non-hydrogen) atoms. The third-order valence-corrected chi connectivity index (χ3v) is 2.83. The number of para-hydroxylation sites is 1. The number of nitro groups is 1. The van der Waals surface area contributed by atoms with Gasteiger partial charge in [-0.3, -0.25) is 20.0 Å². The van der Waals surface area contributed by atoms with Gasteiger partial charge in [-0.05, 0) is 19.1 Å². The molecule has 0 bridgehead atoms. The van der Waals surface area contributed by atoms with E-state index < -0.39 is 10.8 Å². The van der Waals surface area contributed by atoms with E-state index >= 15 is 0 Å². The van der Waals surface area contributed by atoms with Gasteiger partial charge in [0.2, 0.25) is 5.69 Å². The van der Waals surface area contributed by atoms with E-state index in [0.717, 1.165) is 5.69 Å². The summed E-state index contributed by atoms with van der Waals surface area (Å²) in [5.41, 5.74) is 0.710. The number of nitrogens with one attached hydrogen (secondary N) is 3. The van der Waals surface area contributed by atoms with Crippen LogP contribution in [-0.2, 0) is 0 Å². The van der Waals surface area contributed by atoms with Gasteiger partial charge in [-0.25, -0.2) is 0 Å². The number of carbonyl (C=O) groups excluding carboxylic acids is 1. The van der Waals surface area contributed by atoms with Crippen molar-refractivity contribution in [3.05, 3.63) is 51.8 Å². The first-order chi connectivity index (χ1) is 10.1. The second-order valence-electron chi connectivity index (χ2n) is 4.35. The van der Waals surface area contributed by atoms with Crippen molar-refractivity contribution in [3.63, 3.8) is 0 Å². The van der Waals surface area contributed by atoms with Crippen LogP contribution in [0.2, 0.25) is 0 Å². The van der Waals surface area contributed by atoms with E-state index in [-0.39, 0.29) is 17.1 Å². The van der Waals surface area contributed by atoms with Crippen LogP contribution in [0.15, 0.2) is 30.3 Å². The monoisotopic (exact) mass is 289 g/mol. The molecule has 1 amide bonds. The highest BCUT2D eigenvalue weighted by molar-refractivity contribution is 5.96. The van der Waals surface area contributed by atoms with E-state index in [1.54, 1.807) is 0 Å². The summed E-state index contributed by atoms with van der Waals surface area (Å²) in [4.78, 5) is 22.1. The van der Waals surface area contributed by atoms with E-state index in [0.29, 0.717) is 13.1 Å². The van der Waals surface area contributed by atoms with Crippen LogP contribution in [0.4, 0.5) is 11.4 Å². The van der Waals surface area contributed by atoms with Crippen LogP contribution in [0, 0.1) is 17.0 Å². The zero-order valence-corrected chi connectivity index (χ0v) is 11.4. The average molecular weight is 289 g/mol. The third kappa shape index (κ3) is 3.56. The van der Waals surface area contributed by atoms with Gasteiger partial charge in [0.15, 0.2) is 0 Å². The summed E-state index contributed by atoms with van der Waals surface area (Å²) >= 11 is 0. The van der Waals surface area contributed by atoms with Gasteiger partial charge in [0.05, 0.1) is 4.92 Å². The third-order valence-electron chi connectivity index (χ3n) is 2.83. The molecule has 0 atom stereocenters. The minimum Gasteiger partial charge on any atom is -0.383 e. The molecule has 0 unspecified atom stereocenters. The van der Waals surface area contributed by atoms with Crippen LogP contribution in [0.5, 0.6) is 0 Å². The first-order valence-electron chi connectivity index (χ1n) is 6.36. The van der Waals surface area contributed by atoms with Gasteiger partial charge in [-0.15, -0.1) is 0 Å². The molecule has 2 rings (SSSR count). The summed E-state index contributed by atoms with van der Waals surface area (Å²) in [6.45, 7) is 2.34. The highest BCUT2D eigenvalue weighted by atomic mass is 16.6. The Morgan fingerprint density at radius 1 is 1.33 bits per heavy atom. The maximum atomic E-state index is 11.9. The van der Waals surface area contributed by atoms with Crippen molar-refractivity contribution in [1.82, 2.24) is 15.5 Å². The number of nitrogens with zero attached hydrogens (tertiary/aromatic N) is 2. The van der Waals surface area contributed by atoms with Crippen molar-refractivity contribution in [1.29, 1.82) is 0 Å². The molecule has 110 valence electrons. The molecule has 0 radical (unpaired) electrons. The lowest BCUT2D eigenvalue weighted by Crippen LogP contribution is -2.29. The van der Waals surface area contributed by atoms with Gasteiger partial charge >= 0.3 is 5.69 Å². The van der Waals surface area contributed by atoms with Crippen molar-refractivity contribution in [3.8, 4) is 0 Å². The fourth-order valence-corrected chi connectivity index (χ4v) is 1.83. The Morgan fingerprint density at radius 2 is 2.05 bits per heavy atom. The van der Waals surface area contributed by atoms with Gasteiger partial charge in [-0.2, -0.15) is 5.10 Å². The molecule has 3 N–H and O–H groups in total. The van der Waals surface area contributed by atoms with Crippen molar-refractivity contribution < 1.29 is 9.72 Å². The van der Waals surface area contributed by atoms with Crippen LogP contribution in [0.25, 0.3) is 0 Å². The fourth-order valence-electron chi connectivity index (χ4n) is 1.83. The molecule has 0 spiro atoms. The lowest BCUT2D eigenvalue weighted by atomic mass is 10.3. The Labute approximate surface area is 120 Å². The molecule has 0 saturated heterocycles. The van der Waals surface area contributed by atoms with E-state index in [9.17, 15) is 14.9 Å². The Hall–Kier alpha value is -2.90. The molecule has 0 saturated carbocycles. The van der Waals surface area contributed by atoms with E-state index in [1.165, 1.54) is 6.92 Å². The number of hydrogen-bond donors (Lipinski definition) is 3. The number of anilines is 1. The highest BCUT2D eigenvalue weighted by Crippen LogP contribution is 2.19. The van der Waals surface area contributed by atoms with Crippen LogP contribution in [0.3, 0.4) is 0 Å². The first kappa shape index (κ1) is 14.5. The van der Waals surface area contributed by atoms with Crippen molar-refractivity contribution in [2.75, 3.05) is 18.4 Å². The number of H-pyrrole nitrogens is 1. The molecule has 8 nitrogen and oxygen atoms in total. The molecule has 2 aromatic rings. The number of carbonyl (C=O) groups is 1. The molecule has 1 heterocycles. The summed E-state index contributed by atoms with van der Waals surface area (Å²) in [5, 5.41) is 22.7. The highest BCUT2D eigenvalue weighted by Gasteiger charge is 2.26. The molecule has 1 aromatic heterocycles. The molecular weight excluding hydrogens is 274 g/mol. The van der Waals surface area contributed by atoms with Gasteiger partial charge in [0.1, 0.15) is 5.69 Å². The number of amides is 1. The molecule has 0 fully saturated rings. The summed E-state index contributed by atoms with van der Waals surface area (Å²) in [6.07, 6.45) is 0. The van der Waals surface area contributed by atoms with Gasteiger partial charge in [-0.1, -0.05) is 18.2 Å². The minimum atomic E-state index is -0.615. The summed E-state index contributed by atoms with van der Waals surface area (Å²) in [6, 6.07) is 9.52. The predicted molar refractivity (Wildman–Crippen MR) is 77.2 cm³/mol. The minimum absolute atomic E-state index is 0.197. The summed E-state index contributed by atoms with van der Waals surface area (Å²) in [7, 11) is 0. The van der Waals surface area contributed by atoms with Gasteiger partial charge in [0.25, 0.3) is 5.91 Å². The predicted octanol–water partition coefficient (Wildman–Crippen LogP) is 1.47. The van der Waals surface area contributed by atoms with Crippen molar-refractivity contribution >= 4 is 17.3 Å². The lowest BCUT2D eigenvalue weighted by molar-refractivity contribution is -0.385.